The summed E-state index contributed by atoms with van der Waals surface area (Å²) in [5.74, 6) is -0.0653. The average molecular weight is 353 g/mol. The van der Waals surface area contributed by atoms with E-state index in [9.17, 15) is 9.59 Å². The molecule has 0 spiro atoms. The van der Waals surface area contributed by atoms with Crippen molar-refractivity contribution in [3.8, 4) is 5.75 Å². The third-order valence-electron chi connectivity index (χ3n) is 4.58. The maximum Gasteiger partial charge on any atom is 0.331 e. The summed E-state index contributed by atoms with van der Waals surface area (Å²) in [6.45, 7) is 3.69. The fourth-order valence-corrected chi connectivity index (χ4v) is 3.18. The molecule has 0 N–H and O–H groups in total. The van der Waals surface area contributed by atoms with Gasteiger partial charge in [-0.2, -0.15) is 0 Å². The van der Waals surface area contributed by atoms with Gasteiger partial charge in [-0.15, -0.1) is 0 Å². The Morgan fingerprint density at radius 3 is 2.65 bits per heavy atom. The van der Waals surface area contributed by atoms with Gasteiger partial charge in [0.25, 0.3) is 0 Å². The zero-order chi connectivity index (χ0) is 18.7. The number of aryl methyl sites for hydroxylation is 1. The molecule has 1 aliphatic carbocycles. The van der Waals surface area contributed by atoms with Gasteiger partial charge in [-0.05, 0) is 44.9 Å². The van der Waals surface area contributed by atoms with Gasteiger partial charge in [0.2, 0.25) is 5.78 Å². The second-order valence-electron chi connectivity index (χ2n) is 6.49. The molecule has 0 radical (unpaired) electrons. The van der Waals surface area contributed by atoms with Crippen molar-refractivity contribution >= 4 is 17.8 Å². The minimum absolute atomic E-state index is 0.177. The van der Waals surface area contributed by atoms with Gasteiger partial charge in [0.05, 0.1) is 7.11 Å². The van der Waals surface area contributed by atoms with Gasteiger partial charge >= 0.3 is 5.97 Å². The lowest BCUT2D eigenvalue weighted by molar-refractivity contribution is -0.136. The van der Waals surface area contributed by atoms with Crippen LogP contribution in [-0.4, -0.2) is 30.0 Å². The van der Waals surface area contributed by atoms with E-state index < -0.39 is 5.97 Å². The average Bonchev–Trinajstić information content (AvgIpc) is 3.42. The van der Waals surface area contributed by atoms with Crippen LogP contribution in [0.3, 0.4) is 0 Å². The second kappa shape index (κ2) is 7.60. The normalized spacial score (nSPS) is 13.8. The first-order valence-corrected chi connectivity index (χ1v) is 8.70. The molecule has 1 fully saturated rings. The summed E-state index contributed by atoms with van der Waals surface area (Å²) < 4.78 is 12.5. The predicted octanol–water partition coefficient (Wildman–Crippen LogP) is 3.89. The van der Waals surface area contributed by atoms with E-state index in [4.69, 9.17) is 9.47 Å². The number of ether oxygens (including phenoxy) is 2. The molecule has 3 rings (SSSR count). The van der Waals surface area contributed by atoms with Crippen molar-refractivity contribution in [1.29, 1.82) is 0 Å². The monoisotopic (exact) mass is 353 g/mol. The Labute approximate surface area is 153 Å². The van der Waals surface area contributed by atoms with Crippen molar-refractivity contribution in [3.63, 3.8) is 0 Å². The molecule has 0 unspecified atom stereocenters. The first-order chi connectivity index (χ1) is 12.5. The Morgan fingerprint density at radius 1 is 1.23 bits per heavy atom. The first-order valence-electron chi connectivity index (χ1n) is 8.70. The third-order valence-corrected chi connectivity index (χ3v) is 4.58. The number of carbonyl (C=O) groups is 2. The largest absolute Gasteiger partial charge is 0.496 e. The number of carbonyl (C=O) groups excluding carboxylic acids is 2. The molecule has 0 bridgehead atoms. The Hall–Kier alpha value is -2.82. The highest BCUT2D eigenvalue weighted by Gasteiger charge is 2.28. The first kappa shape index (κ1) is 18.0. The van der Waals surface area contributed by atoms with Crippen LogP contribution in [0.4, 0.5) is 0 Å². The number of rotatable bonds is 7. The van der Waals surface area contributed by atoms with Gasteiger partial charge in [0.15, 0.2) is 6.61 Å². The van der Waals surface area contributed by atoms with E-state index >= 15 is 0 Å². The predicted molar refractivity (Wildman–Crippen MR) is 99.5 cm³/mol. The molecule has 0 saturated heterocycles. The quantitative estimate of drug-likeness (QED) is 0.430. The van der Waals surface area contributed by atoms with E-state index in [1.54, 1.807) is 13.2 Å². The Balaban J connectivity index is 1.60. The molecule has 1 aromatic carbocycles. The topological polar surface area (TPSA) is 57.5 Å². The summed E-state index contributed by atoms with van der Waals surface area (Å²) in [6, 6.07) is 9.75. The molecule has 0 amide bonds. The van der Waals surface area contributed by atoms with Crippen LogP contribution >= 0.6 is 0 Å². The number of benzene rings is 1. The molecule has 1 saturated carbocycles. The minimum Gasteiger partial charge on any atom is -0.496 e. The number of aromatic nitrogens is 1. The number of hydrogen-bond donors (Lipinski definition) is 0. The number of hydrogen-bond acceptors (Lipinski definition) is 4. The molecule has 5 heteroatoms. The summed E-state index contributed by atoms with van der Waals surface area (Å²) in [5, 5.41) is 0. The molecule has 1 aliphatic rings. The number of methoxy groups -OCH3 is 1. The standard InChI is InChI=1S/C21H23NO4/c1-14-12-18(15(2)22(14)17-9-10-17)19(23)13-26-21(24)11-8-16-6-4-5-7-20(16)25-3/h4-8,11-12,17H,9-10,13H2,1-3H3/b11-8+. The number of esters is 1. The summed E-state index contributed by atoms with van der Waals surface area (Å²) in [5.41, 5.74) is 3.44. The van der Waals surface area contributed by atoms with Gasteiger partial charge in [0, 0.05) is 34.6 Å². The molecule has 136 valence electrons. The fraction of sp³-hybridized carbons (Fsp3) is 0.333. The van der Waals surface area contributed by atoms with Gasteiger partial charge in [0.1, 0.15) is 5.75 Å². The maximum absolute atomic E-state index is 12.4. The summed E-state index contributed by atoms with van der Waals surface area (Å²) >= 11 is 0. The SMILES string of the molecule is COc1ccccc1/C=C/C(=O)OCC(=O)c1cc(C)n(C2CC2)c1C. The zero-order valence-corrected chi connectivity index (χ0v) is 15.3. The lowest BCUT2D eigenvalue weighted by Crippen LogP contribution is -2.13. The van der Waals surface area contributed by atoms with E-state index in [1.807, 2.05) is 44.2 Å². The molecule has 1 heterocycles. The molecule has 5 nitrogen and oxygen atoms in total. The van der Waals surface area contributed by atoms with Crippen LogP contribution < -0.4 is 4.74 Å². The van der Waals surface area contributed by atoms with Crippen LogP contribution in [0.15, 0.2) is 36.4 Å². The fourth-order valence-electron chi connectivity index (χ4n) is 3.18. The van der Waals surface area contributed by atoms with Crippen molar-refractivity contribution in [2.24, 2.45) is 0 Å². The molecule has 2 aromatic rings. The van der Waals surface area contributed by atoms with Crippen molar-refractivity contribution in [3.05, 3.63) is 58.9 Å². The molecular formula is C21H23NO4. The van der Waals surface area contributed by atoms with Crippen molar-refractivity contribution in [2.75, 3.05) is 13.7 Å². The molecule has 26 heavy (non-hydrogen) atoms. The van der Waals surface area contributed by atoms with Crippen LogP contribution in [0.2, 0.25) is 0 Å². The Kier molecular flexibility index (Phi) is 5.26. The number of Topliss-reactive ketones (excluding diaryl/α,β-unsaturated/α-hetero) is 1. The van der Waals surface area contributed by atoms with Crippen LogP contribution in [0.5, 0.6) is 5.75 Å². The van der Waals surface area contributed by atoms with E-state index in [1.165, 1.54) is 6.08 Å². The van der Waals surface area contributed by atoms with Gasteiger partial charge in [-0.25, -0.2) is 4.79 Å². The molecular weight excluding hydrogens is 330 g/mol. The lowest BCUT2D eigenvalue weighted by atomic mass is 10.1. The summed E-state index contributed by atoms with van der Waals surface area (Å²) in [4.78, 5) is 24.3. The number of nitrogens with zero attached hydrogens (tertiary/aromatic N) is 1. The summed E-state index contributed by atoms with van der Waals surface area (Å²) in [6.07, 6.45) is 5.24. The molecule has 0 atom stereocenters. The highest BCUT2D eigenvalue weighted by molar-refractivity contribution is 6.00. The summed E-state index contributed by atoms with van der Waals surface area (Å²) in [7, 11) is 1.57. The second-order valence-corrected chi connectivity index (χ2v) is 6.49. The van der Waals surface area contributed by atoms with Crippen molar-refractivity contribution in [2.45, 2.75) is 32.7 Å². The minimum atomic E-state index is -0.555. The molecule has 1 aromatic heterocycles. The lowest BCUT2D eigenvalue weighted by Gasteiger charge is -2.07. The van der Waals surface area contributed by atoms with E-state index in [2.05, 4.69) is 4.57 Å². The van der Waals surface area contributed by atoms with Gasteiger partial charge < -0.3 is 14.0 Å². The van der Waals surface area contributed by atoms with E-state index in [0.29, 0.717) is 17.4 Å². The van der Waals surface area contributed by atoms with Gasteiger partial charge in [-0.3, -0.25) is 4.79 Å². The Bertz CT molecular complexity index is 859. The van der Waals surface area contributed by atoms with Gasteiger partial charge in [-0.1, -0.05) is 18.2 Å². The van der Waals surface area contributed by atoms with Crippen molar-refractivity contribution < 1.29 is 19.1 Å². The van der Waals surface area contributed by atoms with E-state index in [-0.39, 0.29) is 12.4 Å². The maximum atomic E-state index is 12.4. The highest BCUT2D eigenvalue weighted by atomic mass is 16.5. The zero-order valence-electron chi connectivity index (χ0n) is 15.3. The van der Waals surface area contributed by atoms with Crippen molar-refractivity contribution in [1.82, 2.24) is 4.57 Å². The van der Waals surface area contributed by atoms with Crippen LogP contribution in [0, 0.1) is 13.8 Å². The third kappa shape index (κ3) is 3.87. The molecule has 0 aliphatic heterocycles. The smallest absolute Gasteiger partial charge is 0.331 e. The highest BCUT2D eigenvalue weighted by Crippen LogP contribution is 2.38. The van der Waals surface area contributed by atoms with Crippen LogP contribution in [-0.2, 0) is 9.53 Å². The van der Waals surface area contributed by atoms with Crippen LogP contribution in [0.1, 0.15) is 46.2 Å². The Morgan fingerprint density at radius 2 is 1.96 bits per heavy atom. The number of ketones is 1. The van der Waals surface area contributed by atoms with Crippen LogP contribution in [0.25, 0.3) is 6.08 Å². The number of para-hydroxylation sites is 1. The van der Waals surface area contributed by atoms with E-state index in [0.717, 1.165) is 29.8 Å².